The van der Waals surface area contributed by atoms with Crippen molar-refractivity contribution in [3.8, 4) is 11.5 Å². The molecule has 17 heavy (non-hydrogen) atoms. The Morgan fingerprint density at radius 2 is 2.06 bits per heavy atom. The van der Waals surface area contributed by atoms with Crippen molar-refractivity contribution in [2.24, 2.45) is 10.7 Å². The van der Waals surface area contributed by atoms with Gasteiger partial charge >= 0.3 is 0 Å². The minimum Gasteiger partial charge on any atom is -0.490 e. The zero-order chi connectivity index (χ0) is 12.1. The van der Waals surface area contributed by atoms with Crippen LogP contribution in [0.1, 0.15) is 26.2 Å². The quantitative estimate of drug-likeness (QED) is 0.646. The van der Waals surface area contributed by atoms with Gasteiger partial charge in [-0.2, -0.15) is 0 Å². The van der Waals surface area contributed by atoms with Gasteiger partial charge in [0.15, 0.2) is 11.5 Å². The second kappa shape index (κ2) is 5.57. The van der Waals surface area contributed by atoms with Crippen LogP contribution >= 0.6 is 0 Å². The molecule has 0 saturated carbocycles. The lowest BCUT2D eigenvalue weighted by molar-refractivity contribution is 0.297. The molecule has 92 valence electrons. The van der Waals surface area contributed by atoms with E-state index in [-0.39, 0.29) is 0 Å². The normalized spacial score (nSPS) is 15.5. The predicted molar refractivity (Wildman–Crippen MR) is 68.2 cm³/mol. The molecule has 0 unspecified atom stereocenters. The van der Waals surface area contributed by atoms with Crippen molar-refractivity contribution in [2.45, 2.75) is 26.2 Å². The van der Waals surface area contributed by atoms with Crippen LogP contribution < -0.4 is 15.2 Å². The molecule has 0 atom stereocenters. The molecule has 1 aromatic carbocycles. The Balaban J connectivity index is 2.20. The first-order valence-electron chi connectivity index (χ1n) is 6.02. The van der Waals surface area contributed by atoms with Gasteiger partial charge in [0.1, 0.15) is 0 Å². The van der Waals surface area contributed by atoms with Crippen molar-refractivity contribution in [3.05, 3.63) is 18.2 Å². The highest BCUT2D eigenvalue weighted by Crippen LogP contribution is 2.33. The lowest BCUT2D eigenvalue weighted by Gasteiger charge is -2.07. The van der Waals surface area contributed by atoms with E-state index in [4.69, 9.17) is 15.2 Å². The number of benzene rings is 1. The van der Waals surface area contributed by atoms with Gasteiger partial charge < -0.3 is 15.2 Å². The average molecular weight is 234 g/mol. The van der Waals surface area contributed by atoms with E-state index in [1.165, 1.54) is 0 Å². The van der Waals surface area contributed by atoms with Crippen molar-refractivity contribution in [1.29, 1.82) is 0 Å². The SMILES string of the molecule is CCCC(N)=Nc1ccc2c(c1)OCCCO2. The van der Waals surface area contributed by atoms with Crippen molar-refractivity contribution >= 4 is 11.5 Å². The van der Waals surface area contributed by atoms with Gasteiger partial charge in [-0.3, -0.25) is 0 Å². The number of hydrogen-bond donors (Lipinski definition) is 1. The van der Waals surface area contributed by atoms with Crippen molar-refractivity contribution in [3.63, 3.8) is 0 Å². The second-order valence-electron chi connectivity index (χ2n) is 4.03. The first-order valence-corrected chi connectivity index (χ1v) is 6.02. The predicted octanol–water partition coefficient (Wildman–Crippen LogP) is 2.64. The third-order valence-electron chi connectivity index (χ3n) is 2.51. The number of ether oxygens (including phenoxy) is 2. The Hall–Kier alpha value is -1.71. The molecular formula is C13H18N2O2. The van der Waals surface area contributed by atoms with Gasteiger partial charge in [0, 0.05) is 18.9 Å². The molecule has 1 aliphatic rings. The number of rotatable bonds is 3. The van der Waals surface area contributed by atoms with E-state index in [1.54, 1.807) is 0 Å². The molecule has 1 aliphatic heterocycles. The molecule has 4 nitrogen and oxygen atoms in total. The second-order valence-corrected chi connectivity index (χ2v) is 4.03. The van der Waals surface area contributed by atoms with Crippen LogP contribution in [0, 0.1) is 0 Å². The van der Waals surface area contributed by atoms with Crippen LogP contribution in [0.3, 0.4) is 0 Å². The summed E-state index contributed by atoms with van der Waals surface area (Å²) in [7, 11) is 0. The summed E-state index contributed by atoms with van der Waals surface area (Å²) >= 11 is 0. The third-order valence-corrected chi connectivity index (χ3v) is 2.51. The van der Waals surface area contributed by atoms with E-state index in [0.717, 1.165) is 36.4 Å². The van der Waals surface area contributed by atoms with E-state index in [2.05, 4.69) is 11.9 Å². The molecule has 4 heteroatoms. The largest absolute Gasteiger partial charge is 0.490 e. The highest BCUT2D eigenvalue weighted by Gasteiger charge is 2.10. The highest BCUT2D eigenvalue weighted by atomic mass is 16.5. The smallest absolute Gasteiger partial charge is 0.163 e. The van der Waals surface area contributed by atoms with Crippen LogP contribution in [-0.2, 0) is 0 Å². The van der Waals surface area contributed by atoms with Crippen LogP contribution in [0.4, 0.5) is 5.69 Å². The molecule has 0 fully saturated rings. The summed E-state index contributed by atoms with van der Waals surface area (Å²) in [5.41, 5.74) is 6.62. The molecule has 2 rings (SSSR count). The molecule has 0 aromatic heterocycles. The van der Waals surface area contributed by atoms with Crippen molar-refractivity contribution in [1.82, 2.24) is 0 Å². The summed E-state index contributed by atoms with van der Waals surface area (Å²) in [4.78, 5) is 4.35. The Morgan fingerprint density at radius 1 is 1.29 bits per heavy atom. The van der Waals surface area contributed by atoms with Gasteiger partial charge in [-0.25, -0.2) is 4.99 Å². The molecule has 0 aliphatic carbocycles. The fourth-order valence-corrected chi connectivity index (χ4v) is 1.70. The number of nitrogens with zero attached hydrogens (tertiary/aromatic N) is 1. The summed E-state index contributed by atoms with van der Waals surface area (Å²) in [5, 5.41) is 0. The van der Waals surface area contributed by atoms with Crippen LogP contribution in [0.5, 0.6) is 11.5 Å². The van der Waals surface area contributed by atoms with Crippen molar-refractivity contribution in [2.75, 3.05) is 13.2 Å². The van der Waals surface area contributed by atoms with Gasteiger partial charge in [0.05, 0.1) is 24.7 Å². The zero-order valence-electron chi connectivity index (χ0n) is 10.1. The number of fused-ring (bicyclic) bond motifs is 1. The van der Waals surface area contributed by atoms with Gasteiger partial charge in [0.25, 0.3) is 0 Å². The molecule has 0 saturated heterocycles. The Kier molecular flexibility index (Phi) is 3.85. The summed E-state index contributed by atoms with van der Waals surface area (Å²) < 4.78 is 11.1. The standard InChI is InChI=1S/C13H18N2O2/c1-2-4-13(14)15-10-5-6-11-12(9-10)17-8-3-7-16-11/h5-6,9H,2-4,7-8H2,1H3,(H2,14,15). The van der Waals surface area contributed by atoms with Crippen LogP contribution in [0.15, 0.2) is 23.2 Å². The molecule has 0 radical (unpaired) electrons. The maximum absolute atomic E-state index is 5.80. The minimum absolute atomic E-state index is 0.655. The van der Waals surface area contributed by atoms with Crippen LogP contribution in [0.2, 0.25) is 0 Å². The van der Waals surface area contributed by atoms with E-state index < -0.39 is 0 Å². The number of nitrogens with two attached hydrogens (primary N) is 1. The topological polar surface area (TPSA) is 56.8 Å². The van der Waals surface area contributed by atoms with E-state index in [9.17, 15) is 0 Å². The van der Waals surface area contributed by atoms with E-state index in [1.807, 2.05) is 18.2 Å². The fourth-order valence-electron chi connectivity index (χ4n) is 1.70. The summed E-state index contributed by atoms with van der Waals surface area (Å²) in [6, 6.07) is 5.66. The molecule has 0 amide bonds. The Labute approximate surface area is 101 Å². The maximum Gasteiger partial charge on any atom is 0.163 e. The number of aliphatic imine (C=N–C) groups is 1. The molecule has 1 aromatic rings. The number of amidine groups is 1. The molecule has 2 N–H and O–H groups in total. The summed E-state index contributed by atoms with van der Waals surface area (Å²) in [5.74, 6) is 2.20. The lowest BCUT2D eigenvalue weighted by Crippen LogP contribution is -2.09. The zero-order valence-corrected chi connectivity index (χ0v) is 10.1. The Morgan fingerprint density at radius 3 is 2.82 bits per heavy atom. The third kappa shape index (κ3) is 3.12. The first-order chi connectivity index (χ1) is 8.29. The van der Waals surface area contributed by atoms with E-state index >= 15 is 0 Å². The van der Waals surface area contributed by atoms with Gasteiger partial charge in [0.2, 0.25) is 0 Å². The molecular weight excluding hydrogens is 216 g/mol. The van der Waals surface area contributed by atoms with Gasteiger partial charge in [-0.05, 0) is 18.6 Å². The van der Waals surface area contributed by atoms with Gasteiger partial charge in [-0.15, -0.1) is 0 Å². The molecule has 1 heterocycles. The van der Waals surface area contributed by atoms with Crippen molar-refractivity contribution < 1.29 is 9.47 Å². The van der Waals surface area contributed by atoms with Crippen LogP contribution in [0.25, 0.3) is 0 Å². The summed E-state index contributed by atoms with van der Waals surface area (Å²) in [6.07, 6.45) is 2.72. The highest BCUT2D eigenvalue weighted by molar-refractivity contribution is 5.83. The molecule has 0 bridgehead atoms. The average Bonchev–Trinajstić information content (AvgIpc) is 2.53. The van der Waals surface area contributed by atoms with Gasteiger partial charge in [-0.1, -0.05) is 6.92 Å². The Bertz CT molecular complexity index is 416. The lowest BCUT2D eigenvalue weighted by atomic mass is 10.2. The maximum atomic E-state index is 5.80. The monoisotopic (exact) mass is 234 g/mol. The fraction of sp³-hybridized carbons (Fsp3) is 0.462. The van der Waals surface area contributed by atoms with E-state index in [0.29, 0.717) is 19.0 Å². The summed E-state index contributed by atoms with van der Waals surface area (Å²) in [6.45, 7) is 3.47. The first kappa shape index (κ1) is 11.8. The minimum atomic E-state index is 0.655. The number of hydrogen-bond acceptors (Lipinski definition) is 3. The van der Waals surface area contributed by atoms with Crippen LogP contribution in [-0.4, -0.2) is 19.0 Å². The molecule has 0 spiro atoms.